The van der Waals surface area contributed by atoms with Gasteiger partial charge in [-0.1, -0.05) is 86.6 Å². The van der Waals surface area contributed by atoms with E-state index in [0.29, 0.717) is 51.8 Å². The molecule has 0 saturated carbocycles. The lowest BCUT2D eigenvalue weighted by Crippen LogP contribution is -2.29. The molecule has 54 heavy (non-hydrogen) atoms. The molecule has 0 aromatic heterocycles. The molecule has 1 aliphatic heterocycles. The number of phenols is 1. The van der Waals surface area contributed by atoms with E-state index in [9.17, 15) is 5.11 Å². The summed E-state index contributed by atoms with van der Waals surface area (Å²) in [6, 6.07) is 15.0. The van der Waals surface area contributed by atoms with Gasteiger partial charge >= 0.3 is 0 Å². The summed E-state index contributed by atoms with van der Waals surface area (Å²) in [7, 11) is 0. The standard InChI is InChI=1S/C48H68O6/c1-9-11-13-18-38-31-43(49)40(22-20-36(5)17-15-16-35(3)4)44(32-38)52-28-26-50-24-25-51-27-29-53-45-33-39(19-14-12-10-2)34-46-47(45)41-30-37(6)21-23-42(41)48(7,8)54-46/h16,20-21,23,30-34,49H,9-15,17-19,22,24-29H2,1-8H3/b36-20+. The van der Waals surface area contributed by atoms with Gasteiger partial charge in [0.15, 0.2) is 0 Å². The highest BCUT2D eigenvalue weighted by Crippen LogP contribution is 2.50. The molecule has 3 aromatic rings. The minimum Gasteiger partial charge on any atom is -0.508 e. The summed E-state index contributed by atoms with van der Waals surface area (Å²) >= 11 is 0. The predicted molar refractivity (Wildman–Crippen MR) is 224 cm³/mol. The zero-order valence-electron chi connectivity index (χ0n) is 34.7. The van der Waals surface area contributed by atoms with E-state index in [0.717, 1.165) is 78.9 Å². The van der Waals surface area contributed by atoms with Crippen LogP contribution in [0.25, 0.3) is 11.1 Å². The van der Waals surface area contributed by atoms with E-state index < -0.39 is 5.60 Å². The third-order valence-corrected chi connectivity index (χ3v) is 10.1. The number of rotatable bonds is 24. The van der Waals surface area contributed by atoms with Crippen molar-refractivity contribution < 1.29 is 28.8 Å². The smallest absolute Gasteiger partial charge is 0.132 e. The number of ether oxygens (including phenoxy) is 5. The first-order chi connectivity index (χ1) is 26.0. The largest absolute Gasteiger partial charge is 0.508 e. The van der Waals surface area contributed by atoms with E-state index in [1.807, 2.05) is 6.07 Å². The van der Waals surface area contributed by atoms with Crippen LogP contribution in [-0.4, -0.2) is 44.7 Å². The molecule has 0 saturated heterocycles. The molecule has 0 aliphatic carbocycles. The number of allylic oxidation sites excluding steroid dienone is 4. The van der Waals surface area contributed by atoms with Crippen LogP contribution in [-0.2, 0) is 34.3 Å². The van der Waals surface area contributed by atoms with Crippen molar-refractivity contribution in [3.05, 3.63) is 93.6 Å². The quantitative estimate of drug-likeness (QED) is 0.0729. The number of aromatic hydroxyl groups is 1. The fourth-order valence-corrected chi connectivity index (χ4v) is 7.00. The molecule has 0 amide bonds. The second kappa shape index (κ2) is 22.0. The molecule has 0 spiro atoms. The molecule has 6 heteroatoms. The van der Waals surface area contributed by atoms with Crippen molar-refractivity contribution in [2.24, 2.45) is 0 Å². The first-order valence-electron chi connectivity index (χ1n) is 20.5. The molecule has 1 heterocycles. The Balaban J connectivity index is 1.28. The Labute approximate surface area is 326 Å². The highest BCUT2D eigenvalue weighted by Gasteiger charge is 2.34. The second-order valence-electron chi connectivity index (χ2n) is 15.6. The van der Waals surface area contributed by atoms with Gasteiger partial charge in [-0.3, -0.25) is 0 Å². The first kappa shape index (κ1) is 43.0. The Kier molecular flexibility index (Phi) is 17.5. The number of benzene rings is 3. The van der Waals surface area contributed by atoms with Gasteiger partial charge < -0.3 is 28.8 Å². The molecule has 0 bridgehead atoms. The Morgan fingerprint density at radius 3 is 2.00 bits per heavy atom. The number of hydrogen-bond acceptors (Lipinski definition) is 6. The summed E-state index contributed by atoms with van der Waals surface area (Å²) in [6.45, 7) is 19.9. The summed E-state index contributed by atoms with van der Waals surface area (Å²) in [4.78, 5) is 0. The average Bonchev–Trinajstić information content (AvgIpc) is 3.11. The number of hydrogen-bond donors (Lipinski definition) is 1. The van der Waals surface area contributed by atoms with Crippen molar-refractivity contribution in [3.63, 3.8) is 0 Å². The number of phenolic OH excluding ortho intramolecular Hbond substituents is 1. The third kappa shape index (κ3) is 13.2. The Morgan fingerprint density at radius 1 is 0.741 bits per heavy atom. The summed E-state index contributed by atoms with van der Waals surface area (Å²) in [5.41, 5.74) is 10.0. The van der Waals surface area contributed by atoms with Crippen LogP contribution in [0.4, 0.5) is 0 Å². The Bertz CT molecular complexity index is 1680. The first-order valence-corrected chi connectivity index (χ1v) is 20.5. The normalized spacial score (nSPS) is 13.2. The van der Waals surface area contributed by atoms with E-state index in [2.05, 4.69) is 104 Å². The van der Waals surface area contributed by atoms with E-state index in [4.69, 9.17) is 23.7 Å². The van der Waals surface area contributed by atoms with Gasteiger partial charge in [0.1, 0.15) is 41.8 Å². The number of fused-ring (bicyclic) bond motifs is 3. The van der Waals surface area contributed by atoms with E-state index >= 15 is 0 Å². The van der Waals surface area contributed by atoms with E-state index in [1.165, 1.54) is 52.7 Å². The molecular formula is C48H68O6. The lowest BCUT2D eigenvalue weighted by atomic mass is 9.84. The summed E-state index contributed by atoms with van der Waals surface area (Å²) in [5, 5.41) is 11.0. The van der Waals surface area contributed by atoms with Crippen molar-refractivity contribution in [2.75, 3.05) is 39.6 Å². The van der Waals surface area contributed by atoms with Crippen LogP contribution in [0.3, 0.4) is 0 Å². The van der Waals surface area contributed by atoms with Gasteiger partial charge in [-0.05, 0) is 127 Å². The SMILES string of the molecule is CCCCCc1cc(O)c(C/C=C(\C)CCC=C(C)C)c(OCCOCCOCCOc2cc(CCCCC)cc3c2-c2cc(C)ccc2C(C)(C)O3)c1. The minimum absolute atomic E-state index is 0.309. The van der Waals surface area contributed by atoms with Crippen LogP contribution < -0.4 is 14.2 Å². The highest BCUT2D eigenvalue weighted by atomic mass is 16.6. The lowest BCUT2D eigenvalue weighted by Gasteiger charge is -2.36. The molecule has 1 N–H and O–H groups in total. The van der Waals surface area contributed by atoms with Gasteiger partial charge in [-0.25, -0.2) is 0 Å². The van der Waals surface area contributed by atoms with Crippen LogP contribution in [0.2, 0.25) is 0 Å². The number of aryl methyl sites for hydroxylation is 3. The maximum Gasteiger partial charge on any atom is 0.132 e. The van der Waals surface area contributed by atoms with Crippen LogP contribution >= 0.6 is 0 Å². The average molecular weight is 741 g/mol. The molecule has 6 nitrogen and oxygen atoms in total. The highest BCUT2D eigenvalue weighted by molar-refractivity contribution is 5.82. The monoisotopic (exact) mass is 741 g/mol. The topological polar surface area (TPSA) is 66.4 Å². The molecule has 296 valence electrons. The van der Waals surface area contributed by atoms with Crippen LogP contribution in [0.1, 0.15) is 128 Å². The van der Waals surface area contributed by atoms with Crippen molar-refractivity contribution in [3.8, 4) is 34.1 Å². The molecule has 0 atom stereocenters. The van der Waals surface area contributed by atoms with Crippen molar-refractivity contribution in [1.29, 1.82) is 0 Å². The van der Waals surface area contributed by atoms with Gasteiger partial charge in [0.25, 0.3) is 0 Å². The van der Waals surface area contributed by atoms with Gasteiger partial charge in [0.05, 0.1) is 32.0 Å². The minimum atomic E-state index is -0.423. The Morgan fingerprint density at radius 2 is 1.35 bits per heavy atom. The van der Waals surface area contributed by atoms with Crippen LogP contribution in [0.5, 0.6) is 23.0 Å². The predicted octanol–water partition coefficient (Wildman–Crippen LogP) is 12.2. The maximum atomic E-state index is 11.0. The lowest BCUT2D eigenvalue weighted by molar-refractivity contribution is 0.0272. The van der Waals surface area contributed by atoms with Crippen molar-refractivity contribution in [2.45, 2.75) is 132 Å². The van der Waals surface area contributed by atoms with E-state index in [1.54, 1.807) is 0 Å². The molecule has 3 aromatic carbocycles. The summed E-state index contributed by atoms with van der Waals surface area (Å²) in [6.07, 6.45) is 16.0. The summed E-state index contributed by atoms with van der Waals surface area (Å²) < 4.78 is 31.1. The molecule has 0 radical (unpaired) electrons. The number of unbranched alkanes of at least 4 members (excludes halogenated alkanes) is 4. The Hall–Kier alpha value is -3.74. The fourth-order valence-electron chi connectivity index (χ4n) is 7.00. The van der Waals surface area contributed by atoms with E-state index in [-0.39, 0.29) is 0 Å². The molecule has 0 fully saturated rings. The molecule has 4 rings (SSSR count). The van der Waals surface area contributed by atoms with Gasteiger partial charge in [0.2, 0.25) is 0 Å². The van der Waals surface area contributed by atoms with Crippen LogP contribution in [0.15, 0.2) is 65.8 Å². The maximum absolute atomic E-state index is 11.0. The second-order valence-corrected chi connectivity index (χ2v) is 15.6. The zero-order chi connectivity index (χ0) is 38.9. The van der Waals surface area contributed by atoms with Gasteiger partial charge in [-0.15, -0.1) is 0 Å². The van der Waals surface area contributed by atoms with Crippen LogP contribution in [0, 0.1) is 6.92 Å². The molecule has 0 unspecified atom stereocenters. The van der Waals surface area contributed by atoms with Gasteiger partial charge in [0, 0.05) is 11.1 Å². The third-order valence-electron chi connectivity index (χ3n) is 10.1. The van der Waals surface area contributed by atoms with Crippen molar-refractivity contribution in [1.82, 2.24) is 0 Å². The van der Waals surface area contributed by atoms with Crippen molar-refractivity contribution >= 4 is 0 Å². The van der Waals surface area contributed by atoms with Gasteiger partial charge in [-0.2, -0.15) is 0 Å². The summed E-state index contributed by atoms with van der Waals surface area (Å²) in [5.74, 6) is 2.80. The molecular weight excluding hydrogens is 673 g/mol. The molecule has 1 aliphatic rings. The fraction of sp³-hybridized carbons (Fsp3) is 0.542. The zero-order valence-corrected chi connectivity index (χ0v) is 34.7.